The quantitative estimate of drug-likeness (QED) is 0.545. The molecule has 6 heteroatoms. The summed E-state index contributed by atoms with van der Waals surface area (Å²) in [6.45, 7) is 1.93. The van der Waals surface area contributed by atoms with Gasteiger partial charge in [-0.1, -0.05) is 72.6 Å². The predicted octanol–water partition coefficient (Wildman–Crippen LogP) is 5.42. The molecule has 3 atom stereocenters. The van der Waals surface area contributed by atoms with E-state index < -0.39 is 12.1 Å². The van der Waals surface area contributed by atoms with Gasteiger partial charge in [-0.25, -0.2) is 0 Å². The standard InChI is InChI=1S/C26H24Cl2N2O2/c1-16(14-17-8-10-19(27)11-9-17)25(31)24-26(32)30(2)22-13-12-20(28)15-21(22)23(29-24)18-6-4-3-5-7-18/h3-13,15-16,24-25,31H,14H2,1-2H3/t16-,24+,25-/m1/s1. The number of nitrogens with zero attached hydrogens (tertiary/aromatic N) is 2. The fraction of sp³-hybridized carbons (Fsp3) is 0.231. The first-order valence-electron chi connectivity index (χ1n) is 10.5. The van der Waals surface area contributed by atoms with E-state index in [0.717, 1.165) is 16.7 Å². The molecule has 4 nitrogen and oxygen atoms in total. The van der Waals surface area contributed by atoms with Crippen LogP contribution in [0.4, 0.5) is 5.69 Å². The molecule has 0 saturated heterocycles. The fourth-order valence-corrected chi connectivity index (χ4v) is 4.34. The Morgan fingerprint density at radius 1 is 1.00 bits per heavy atom. The number of fused-ring (bicyclic) bond motifs is 1. The van der Waals surface area contributed by atoms with Crippen molar-refractivity contribution in [3.63, 3.8) is 0 Å². The van der Waals surface area contributed by atoms with Crippen LogP contribution in [0, 0.1) is 5.92 Å². The first-order valence-corrected chi connectivity index (χ1v) is 11.2. The molecular formula is C26H24Cl2N2O2. The number of likely N-dealkylation sites (N-methyl/N-ethyl adjacent to an activating group) is 1. The zero-order valence-corrected chi connectivity index (χ0v) is 19.4. The Bertz CT molecular complexity index is 1150. The maximum absolute atomic E-state index is 13.4. The number of aliphatic hydroxyl groups is 1. The van der Waals surface area contributed by atoms with Crippen molar-refractivity contribution in [3.05, 3.63) is 99.5 Å². The maximum atomic E-state index is 13.4. The van der Waals surface area contributed by atoms with Crippen LogP contribution in [-0.2, 0) is 11.2 Å². The molecule has 1 amide bonds. The minimum Gasteiger partial charge on any atom is -0.390 e. The Balaban J connectivity index is 1.75. The largest absolute Gasteiger partial charge is 0.390 e. The summed E-state index contributed by atoms with van der Waals surface area (Å²) in [5, 5.41) is 12.5. The van der Waals surface area contributed by atoms with Gasteiger partial charge < -0.3 is 10.0 Å². The van der Waals surface area contributed by atoms with Crippen molar-refractivity contribution < 1.29 is 9.90 Å². The van der Waals surface area contributed by atoms with Crippen LogP contribution in [0.5, 0.6) is 0 Å². The van der Waals surface area contributed by atoms with Gasteiger partial charge in [-0.3, -0.25) is 9.79 Å². The Kier molecular flexibility index (Phi) is 6.66. The van der Waals surface area contributed by atoms with E-state index in [-0.39, 0.29) is 11.8 Å². The highest BCUT2D eigenvalue weighted by molar-refractivity contribution is 6.32. The summed E-state index contributed by atoms with van der Waals surface area (Å²) in [5.41, 5.74) is 4.02. The van der Waals surface area contributed by atoms with Gasteiger partial charge in [0.1, 0.15) is 0 Å². The third-order valence-corrected chi connectivity index (χ3v) is 6.34. The Hall–Kier alpha value is -2.66. The van der Waals surface area contributed by atoms with Crippen LogP contribution in [0.15, 0.2) is 77.8 Å². The lowest BCUT2D eigenvalue weighted by Crippen LogP contribution is -2.44. The highest BCUT2D eigenvalue weighted by atomic mass is 35.5. The molecule has 32 heavy (non-hydrogen) atoms. The van der Waals surface area contributed by atoms with Gasteiger partial charge in [0.15, 0.2) is 6.04 Å². The molecule has 1 N–H and O–H groups in total. The van der Waals surface area contributed by atoms with Crippen molar-refractivity contribution in [1.82, 2.24) is 0 Å². The third kappa shape index (κ3) is 4.58. The van der Waals surface area contributed by atoms with E-state index in [4.69, 9.17) is 28.2 Å². The van der Waals surface area contributed by atoms with Gasteiger partial charge in [-0.2, -0.15) is 0 Å². The van der Waals surface area contributed by atoms with Gasteiger partial charge in [0.25, 0.3) is 5.91 Å². The second-order valence-corrected chi connectivity index (χ2v) is 9.02. The summed E-state index contributed by atoms with van der Waals surface area (Å²) in [6.07, 6.45) is -0.370. The molecule has 1 aliphatic rings. The molecule has 0 aromatic heterocycles. The average molecular weight is 467 g/mol. The number of benzene rings is 3. The molecule has 0 fully saturated rings. The van der Waals surface area contributed by atoms with E-state index >= 15 is 0 Å². The molecule has 0 unspecified atom stereocenters. The summed E-state index contributed by atoms with van der Waals surface area (Å²) >= 11 is 12.3. The van der Waals surface area contributed by atoms with Crippen LogP contribution in [0.2, 0.25) is 10.0 Å². The molecule has 0 radical (unpaired) electrons. The third-order valence-electron chi connectivity index (χ3n) is 5.85. The Labute approximate surface area is 198 Å². The van der Waals surface area contributed by atoms with Crippen LogP contribution in [0.3, 0.4) is 0 Å². The fourth-order valence-electron chi connectivity index (χ4n) is 4.04. The number of rotatable bonds is 5. The Morgan fingerprint density at radius 2 is 1.66 bits per heavy atom. The smallest absolute Gasteiger partial charge is 0.254 e. The van der Waals surface area contributed by atoms with Crippen LogP contribution < -0.4 is 4.90 Å². The second-order valence-electron chi connectivity index (χ2n) is 8.15. The number of aliphatic imine (C=N–C) groups is 1. The predicted molar refractivity (Wildman–Crippen MR) is 131 cm³/mol. The molecule has 3 aromatic carbocycles. The highest BCUT2D eigenvalue weighted by Crippen LogP contribution is 2.32. The molecule has 0 saturated carbocycles. The van der Waals surface area contributed by atoms with Crippen LogP contribution in [0.1, 0.15) is 23.6 Å². The zero-order chi connectivity index (χ0) is 22.8. The van der Waals surface area contributed by atoms with Gasteiger partial charge in [-0.15, -0.1) is 0 Å². The van der Waals surface area contributed by atoms with Gasteiger partial charge in [0, 0.05) is 28.2 Å². The summed E-state index contributed by atoms with van der Waals surface area (Å²) in [5.74, 6) is -0.459. The molecule has 164 valence electrons. The van der Waals surface area contributed by atoms with Crippen molar-refractivity contribution in [2.45, 2.75) is 25.5 Å². The lowest BCUT2D eigenvalue weighted by Gasteiger charge is -2.27. The molecule has 3 aromatic rings. The first kappa shape index (κ1) is 22.5. The number of hydrogen-bond donors (Lipinski definition) is 1. The molecule has 0 aliphatic carbocycles. The number of carbonyl (C=O) groups is 1. The van der Waals surface area contributed by atoms with E-state index in [0.29, 0.717) is 27.9 Å². The number of hydrogen-bond acceptors (Lipinski definition) is 3. The number of halogens is 2. The number of anilines is 1. The summed E-state index contributed by atoms with van der Waals surface area (Å²) in [4.78, 5) is 19.8. The van der Waals surface area contributed by atoms with E-state index in [1.165, 1.54) is 0 Å². The van der Waals surface area contributed by atoms with Gasteiger partial charge in [-0.05, 0) is 48.2 Å². The normalized spacial score (nSPS) is 17.9. The minimum atomic E-state index is -0.968. The summed E-state index contributed by atoms with van der Waals surface area (Å²) in [7, 11) is 1.71. The SMILES string of the molecule is C[C@H](Cc1ccc(Cl)cc1)[C@@H](O)[C@@H]1N=C(c2ccccc2)c2cc(Cl)ccc2N(C)C1=O. The molecular weight excluding hydrogens is 443 g/mol. The maximum Gasteiger partial charge on any atom is 0.254 e. The van der Waals surface area contributed by atoms with Crippen LogP contribution in [0.25, 0.3) is 0 Å². The lowest BCUT2D eigenvalue weighted by atomic mass is 9.91. The minimum absolute atomic E-state index is 0.205. The topological polar surface area (TPSA) is 52.9 Å². The molecule has 1 heterocycles. The van der Waals surface area contributed by atoms with Gasteiger partial charge in [0.05, 0.1) is 17.5 Å². The van der Waals surface area contributed by atoms with Crippen molar-refractivity contribution >= 4 is 40.5 Å². The molecule has 4 rings (SSSR count). The van der Waals surface area contributed by atoms with E-state index in [1.54, 1.807) is 18.0 Å². The van der Waals surface area contributed by atoms with Gasteiger partial charge >= 0.3 is 0 Å². The van der Waals surface area contributed by atoms with Crippen molar-refractivity contribution in [3.8, 4) is 0 Å². The number of carbonyl (C=O) groups excluding carboxylic acids is 1. The van der Waals surface area contributed by atoms with Crippen LogP contribution >= 0.6 is 23.2 Å². The number of benzodiazepines with no additional fused rings is 1. The molecule has 0 bridgehead atoms. The lowest BCUT2D eigenvalue weighted by molar-refractivity contribution is -0.122. The van der Waals surface area contributed by atoms with Crippen molar-refractivity contribution in [2.75, 3.05) is 11.9 Å². The molecule has 0 spiro atoms. The second kappa shape index (κ2) is 9.45. The number of amides is 1. The van der Waals surface area contributed by atoms with Crippen LogP contribution in [-0.4, -0.2) is 35.9 Å². The monoisotopic (exact) mass is 466 g/mol. The zero-order valence-electron chi connectivity index (χ0n) is 17.9. The average Bonchev–Trinajstić information content (AvgIpc) is 2.90. The first-order chi connectivity index (χ1) is 15.3. The number of aliphatic hydroxyl groups excluding tert-OH is 1. The summed E-state index contributed by atoms with van der Waals surface area (Å²) < 4.78 is 0. The van der Waals surface area contributed by atoms with Gasteiger partial charge in [0.2, 0.25) is 0 Å². The molecule has 1 aliphatic heterocycles. The van der Waals surface area contributed by atoms with E-state index in [1.807, 2.05) is 73.7 Å². The van der Waals surface area contributed by atoms with Crippen molar-refractivity contribution in [2.24, 2.45) is 10.9 Å². The van der Waals surface area contributed by atoms with Crippen molar-refractivity contribution in [1.29, 1.82) is 0 Å². The summed E-state index contributed by atoms with van der Waals surface area (Å²) in [6, 6.07) is 21.6. The highest BCUT2D eigenvalue weighted by Gasteiger charge is 2.37. The Morgan fingerprint density at radius 3 is 2.34 bits per heavy atom. The van der Waals surface area contributed by atoms with E-state index in [9.17, 15) is 9.90 Å². The van der Waals surface area contributed by atoms with E-state index in [2.05, 4.69) is 0 Å².